The minimum absolute atomic E-state index is 0.0184. The van der Waals surface area contributed by atoms with Crippen molar-refractivity contribution in [1.82, 2.24) is 25.5 Å². The number of phosphoric acid groups is 1. The number of aromatic nitrogens is 2. The molecule has 624 valence electrons. The van der Waals surface area contributed by atoms with Gasteiger partial charge in [-0.05, 0) is 113 Å². The second-order valence-corrected chi connectivity index (χ2v) is 32.8. The number of primary amides is 6. The number of phosphoric ester groups is 1. The molecule has 6 aliphatic rings. The van der Waals surface area contributed by atoms with Gasteiger partial charge in [-0.25, -0.2) is 14.3 Å². The highest BCUT2D eigenvalue weighted by Crippen LogP contribution is 2.63. The summed E-state index contributed by atoms with van der Waals surface area (Å²) < 4.78 is 66.3. The summed E-state index contributed by atoms with van der Waals surface area (Å²) in [5.74, 6) is -7.45. The first kappa shape index (κ1) is 90.0. The first-order valence-corrected chi connectivity index (χ1v) is 39.6. The average molecular weight is 1600 g/mol. The molecule has 1 unspecified atom stereocenters. The van der Waals surface area contributed by atoms with Gasteiger partial charge in [-0.2, -0.15) is 0 Å². The molecule has 0 spiro atoms. The Labute approximate surface area is 656 Å². The van der Waals surface area contributed by atoms with Gasteiger partial charge in [-0.1, -0.05) is 39.7 Å². The fourth-order valence-corrected chi connectivity index (χ4v) is 18.1. The van der Waals surface area contributed by atoms with Gasteiger partial charge >= 0.3 is 13.9 Å². The van der Waals surface area contributed by atoms with Crippen molar-refractivity contribution in [3.8, 4) is 0 Å². The number of hydrogen-bond donors (Lipinski definition) is 11. The van der Waals surface area contributed by atoms with Gasteiger partial charge in [0.1, 0.15) is 24.9 Å². The summed E-state index contributed by atoms with van der Waals surface area (Å²) in [5, 5.41) is 24.4. The second-order valence-electron chi connectivity index (χ2n) is 31.4. The maximum Gasteiger partial charge on any atom is 0.472 e. The number of hydrogen-bond acceptors (Lipinski definition) is 25. The highest BCUT2D eigenvalue weighted by atomic mass is 31.2. The highest BCUT2D eigenvalue weighted by molar-refractivity contribution is 7.47. The summed E-state index contributed by atoms with van der Waals surface area (Å²) in [6.07, 6.45) is -6.08. The fraction of sp³-hybridized carbons (Fsp3) is 0.680. The lowest BCUT2D eigenvalue weighted by atomic mass is 9.55. The van der Waals surface area contributed by atoms with Gasteiger partial charge < -0.3 is 98.1 Å². The molecule has 7 heterocycles. The summed E-state index contributed by atoms with van der Waals surface area (Å²) in [6.45, 7) is 22.3. The van der Waals surface area contributed by atoms with E-state index >= 15 is 0 Å². The van der Waals surface area contributed by atoms with E-state index in [-0.39, 0.29) is 110 Å². The number of ether oxygens (including phenoxy) is 7. The molecule has 0 aliphatic carbocycles. The van der Waals surface area contributed by atoms with E-state index in [1.165, 1.54) is 17.8 Å². The third-order valence-corrected chi connectivity index (χ3v) is 24.3. The molecule has 113 heavy (non-hydrogen) atoms. The minimum Gasteiger partial charge on any atom is -0.447 e. The van der Waals surface area contributed by atoms with Crippen LogP contribution in [0.2, 0.25) is 0 Å². The molecule has 15 atom stereocenters. The van der Waals surface area contributed by atoms with E-state index < -0.39 is 149 Å². The smallest absolute Gasteiger partial charge is 0.447 e. The zero-order valence-electron chi connectivity index (χ0n) is 66.5. The van der Waals surface area contributed by atoms with Gasteiger partial charge in [0.05, 0.1) is 101 Å². The zero-order chi connectivity index (χ0) is 83.1. The number of aliphatic hydroxyl groups excluding tert-OH is 1. The largest absolute Gasteiger partial charge is 0.472 e. The van der Waals surface area contributed by atoms with E-state index in [0.717, 1.165) is 11.1 Å². The Morgan fingerprint density at radius 2 is 1.31 bits per heavy atom. The summed E-state index contributed by atoms with van der Waals surface area (Å²) in [4.78, 5) is 143. The van der Waals surface area contributed by atoms with Crippen molar-refractivity contribution in [1.29, 1.82) is 0 Å². The van der Waals surface area contributed by atoms with Gasteiger partial charge in [0.15, 0.2) is 6.23 Å². The summed E-state index contributed by atoms with van der Waals surface area (Å²) in [7, 11) is -5.25. The Morgan fingerprint density at radius 3 is 1.89 bits per heavy atom. The van der Waals surface area contributed by atoms with Crippen molar-refractivity contribution >= 4 is 83.4 Å². The van der Waals surface area contributed by atoms with Gasteiger partial charge in [0, 0.05) is 149 Å². The quantitative estimate of drug-likeness (QED) is 0.0145. The predicted molar refractivity (Wildman–Crippen MR) is 414 cm³/mol. The Morgan fingerprint density at radius 1 is 0.735 bits per heavy atom. The van der Waals surface area contributed by atoms with Crippen molar-refractivity contribution in [2.24, 2.45) is 99.8 Å². The number of aryl methyl sites for hydroxylation is 2. The molecule has 1 aromatic heterocycles. The van der Waals surface area contributed by atoms with E-state index in [2.05, 4.69) is 31.0 Å². The number of imidazole rings is 1. The number of alkyl carbamates (subject to hydrolysis) is 1. The fourth-order valence-electron chi connectivity index (χ4n) is 17.0. The van der Waals surface area contributed by atoms with Crippen LogP contribution in [0.4, 0.5) is 4.79 Å². The molecule has 6 aliphatic heterocycles. The molecule has 38 heteroatoms. The summed E-state index contributed by atoms with van der Waals surface area (Å²) in [6, 6.07) is 2.62. The van der Waals surface area contributed by atoms with E-state index in [1.54, 1.807) is 6.92 Å². The number of aliphatic imine (C=N–C) groups is 3. The number of nitrogens with zero attached hydrogens (tertiary/aromatic N) is 8. The van der Waals surface area contributed by atoms with Crippen molar-refractivity contribution in [2.75, 3.05) is 92.3 Å². The zero-order valence-corrected chi connectivity index (χ0v) is 67.4. The molecule has 0 radical (unpaired) electrons. The Hall–Kier alpha value is -8.58. The van der Waals surface area contributed by atoms with Crippen molar-refractivity contribution in [3.05, 3.63) is 74.3 Å². The van der Waals surface area contributed by atoms with Gasteiger partial charge in [0.2, 0.25) is 41.4 Å². The number of nitrogens with two attached hydrogens (primary N) is 6. The number of fused-ring (bicyclic) bond motifs is 7. The van der Waals surface area contributed by atoms with Crippen molar-refractivity contribution in [3.63, 3.8) is 0 Å². The number of allylic oxidation sites excluding steroid dienone is 6. The normalized spacial score (nSPS) is 28.4. The maximum absolute atomic E-state index is 14.6. The maximum atomic E-state index is 14.6. The Kier molecular flexibility index (Phi) is 30.8. The van der Waals surface area contributed by atoms with Crippen LogP contribution in [-0.2, 0) is 80.3 Å². The lowest BCUT2D eigenvalue weighted by Crippen LogP contribution is -2.56. The van der Waals surface area contributed by atoms with Crippen molar-refractivity contribution in [2.45, 2.75) is 189 Å². The van der Waals surface area contributed by atoms with Gasteiger partial charge in [-0.3, -0.25) is 57.6 Å². The molecule has 2 fully saturated rings. The number of azide groups is 1. The molecule has 2 saturated heterocycles. The summed E-state index contributed by atoms with van der Waals surface area (Å²) >= 11 is 0. The lowest BCUT2D eigenvalue weighted by molar-refractivity contribution is -0.124. The Bertz CT molecular complexity index is 4170. The Balaban J connectivity index is 1.02. The molecule has 8 rings (SSSR count). The van der Waals surface area contributed by atoms with Crippen LogP contribution in [0.25, 0.3) is 21.5 Å². The van der Waals surface area contributed by atoms with Gasteiger partial charge in [-0.15, -0.1) is 0 Å². The predicted octanol–water partition coefficient (Wildman–Crippen LogP) is 4.29. The molecular weight excluding hydrogens is 1490 g/mol. The number of nitrogens with one attached hydrogen (secondary N) is 3. The molecule has 17 N–H and O–H groups in total. The summed E-state index contributed by atoms with van der Waals surface area (Å²) in [5.41, 5.74) is 45.3. The molecule has 1 aromatic carbocycles. The van der Waals surface area contributed by atoms with Crippen LogP contribution in [-0.4, -0.2) is 212 Å². The molecule has 2 aromatic rings. The number of benzene rings is 1. The highest BCUT2D eigenvalue weighted by Gasteiger charge is 2.66. The molecule has 37 nitrogen and oxygen atoms in total. The third kappa shape index (κ3) is 21.5. The van der Waals surface area contributed by atoms with Crippen LogP contribution in [0, 0.1) is 59.2 Å². The average Bonchev–Trinajstić information content (AvgIpc) is 1.53. The van der Waals surface area contributed by atoms with Crippen LogP contribution in [0.3, 0.4) is 0 Å². The number of carbonyl (C=O) groups excluding carboxylic acids is 8. The van der Waals surface area contributed by atoms with Crippen LogP contribution >= 0.6 is 7.82 Å². The molecule has 0 saturated carbocycles. The van der Waals surface area contributed by atoms with Crippen LogP contribution in [0.5, 0.6) is 0 Å². The third-order valence-electron chi connectivity index (χ3n) is 23.2. The van der Waals surface area contributed by atoms with Crippen LogP contribution < -0.4 is 50.4 Å². The van der Waals surface area contributed by atoms with Crippen LogP contribution in [0.15, 0.2) is 72.9 Å². The molecule has 8 bridgehead atoms. The topological polar surface area (TPSA) is 573 Å². The number of aliphatic hydroxyl groups is 1. The van der Waals surface area contributed by atoms with E-state index in [0.29, 0.717) is 103 Å². The number of amides is 8. The van der Waals surface area contributed by atoms with E-state index in [1.807, 2.05) is 80.5 Å². The first-order chi connectivity index (χ1) is 53.2. The molecule has 8 amide bonds. The number of carbonyl (C=O) groups is 8. The van der Waals surface area contributed by atoms with Gasteiger partial charge in [0.25, 0.3) is 0 Å². The number of rotatable bonds is 45. The van der Waals surface area contributed by atoms with Crippen LogP contribution in [0.1, 0.15) is 150 Å². The first-order valence-electron chi connectivity index (χ1n) is 38.2. The second kappa shape index (κ2) is 38.7. The van der Waals surface area contributed by atoms with Crippen molar-refractivity contribution < 1.29 is 95.1 Å². The van der Waals surface area contributed by atoms with E-state index in [4.69, 9.17) is 97.1 Å². The SMILES string of the molecule is CC1=C2N=C(C=C3N/C(=C(/C)C4=N[C@@](C)([C@@H]5N=C1[C@](C)(CCC(=O)NC[C@@H](C)OP(=O)(O)O[C@H]1[C@@H](O)[C@@H](n6cnc7cc(C)c(C)cc76)O[C@@H]1COC(=O)NCCOCCOCCOCCOCCOCCN=[N+]=[N-])[C@H]5CC(N)=O)[C@@](C)(CC(N)=O)[C@@H]4CCC(N)=O)[C@@](C)(CC(N)=O)[C@@H]3CCC(N)=O)C(C)(C)[C@@H]2CCC(N)=O. The van der Waals surface area contributed by atoms with E-state index in [9.17, 15) is 52.9 Å². The standard InChI is InChI=1S/C75H114N17O20P/c1-41-32-51-52(33-42(41)2)92(40-85-51)69-64(100)65(53(110-69)39-109-70(101)83-20-22-104-24-26-106-28-30-108-31-29-107-27-25-105-23-21-86-91-82)112-113(102,103)111-43(3)38-84-61(99)18-19-72(8)49(34-58(79)96)68-75(11)74(10,37-60(81)98)48(14-17-57(78)95)63(90-75)45(5)67-73(9,36-59(80)97)46(12-15-55(76)93)50(87-67)35-54-71(6,7)47(13-16-56(77)94)62(88-54)44(4)66(72)89-68/h32-33,35,40,43,46-49,53,64-65,68-69,87,100H,12-31,34,36-39H2,1-11H3,(H2,76,93)(H2,77,94)(H2,78,95)(H2,79,96)(H2,80,97)(H2,81,98)(H,83,101)(H,84,99)(H,102,103)/b50-35?,62-44?,67-45-/t43-,46-,47-,48-,49+,53-,64-,65-,68-,69+,72-,73+,74+,75+/m1/s1. The monoisotopic (exact) mass is 1600 g/mol. The lowest BCUT2D eigenvalue weighted by Gasteiger charge is -2.48. The molecular formula is C75H114N17O20P. The minimum atomic E-state index is -5.25.